The number of hydrogen-bond acceptors (Lipinski definition) is 4. The fourth-order valence-corrected chi connectivity index (χ4v) is 2.11. The number of methoxy groups -OCH3 is 1. The number of hydrogen-bond donors (Lipinski definition) is 2. The summed E-state index contributed by atoms with van der Waals surface area (Å²) < 4.78 is 5.22. The van der Waals surface area contributed by atoms with Gasteiger partial charge in [0.2, 0.25) is 0 Å². The van der Waals surface area contributed by atoms with Crippen LogP contribution in [0.1, 0.15) is 15.9 Å². The number of carbonyl (C=O) groups excluding carboxylic acids is 1. The van der Waals surface area contributed by atoms with E-state index in [1.807, 2.05) is 30.3 Å². The Morgan fingerprint density at radius 3 is 2.46 bits per heavy atom. The molecular weight excluding hydrogens is 332 g/mol. The maximum atomic E-state index is 12.2. The molecule has 130 valence electrons. The normalized spacial score (nSPS) is 11.0. The third kappa shape index (κ3) is 4.82. The van der Waals surface area contributed by atoms with Gasteiger partial charge >= 0.3 is 5.97 Å². The number of carboxylic acids is 1. The molecule has 2 aromatic carbocycles. The number of rotatable bonds is 6. The zero-order chi connectivity index (χ0) is 18.9. The molecule has 6 heteroatoms. The molecule has 0 saturated carbocycles. The van der Waals surface area contributed by atoms with Crippen LogP contribution in [0.25, 0.3) is 6.08 Å². The molecule has 0 atom stereocenters. The number of allylic oxidation sites excluding steroid dienone is 2. The van der Waals surface area contributed by atoms with Gasteiger partial charge in [-0.05, 0) is 36.4 Å². The van der Waals surface area contributed by atoms with Gasteiger partial charge in [0.15, 0.2) is 0 Å². The minimum absolute atomic E-state index is 0.0848. The molecule has 0 saturated heterocycles. The SMILES string of the molecule is COc1ccccc1C=CC=C(C#N)C(=O)Nc1ccc(C(=O)O)cc1. The van der Waals surface area contributed by atoms with Crippen molar-refractivity contribution in [3.05, 3.63) is 77.4 Å². The van der Waals surface area contributed by atoms with Crippen LogP contribution in [0.4, 0.5) is 5.69 Å². The van der Waals surface area contributed by atoms with Gasteiger partial charge in [-0.25, -0.2) is 4.79 Å². The van der Waals surface area contributed by atoms with Crippen molar-refractivity contribution in [2.24, 2.45) is 0 Å². The molecule has 6 nitrogen and oxygen atoms in total. The maximum Gasteiger partial charge on any atom is 0.335 e. The second-order valence-corrected chi connectivity index (χ2v) is 5.13. The van der Waals surface area contributed by atoms with Crippen LogP contribution in [0, 0.1) is 11.3 Å². The largest absolute Gasteiger partial charge is 0.496 e. The Balaban J connectivity index is 2.10. The molecule has 0 spiro atoms. The van der Waals surface area contributed by atoms with E-state index in [2.05, 4.69) is 5.32 Å². The van der Waals surface area contributed by atoms with Crippen LogP contribution in [0.3, 0.4) is 0 Å². The van der Waals surface area contributed by atoms with Crippen LogP contribution in [-0.2, 0) is 4.79 Å². The number of carbonyl (C=O) groups is 2. The number of carboxylic acid groups (broad SMARTS) is 1. The van der Waals surface area contributed by atoms with E-state index < -0.39 is 11.9 Å². The first-order valence-electron chi connectivity index (χ1n) is 7.61. The van der Waals surface area contributed by atoms with Crippen molar-refractivity contribution < 1.29 is 19.4 Å². The van der Waals surface area contributed by atoms with Crippen molar-refractivity contribution in [2.75, 3.05) is 12.4 Å². The Hall–Kier alpha value is -3.85. The van der Waals surface area contributed by atoms with Gasteiger partial charge in [0.1, 0.15) is 17.4 Å². The molecule has 0 fully saturated rings. The number of nitrogens with one attached hydrogen (secondary N) is 1. The van der Waals surface area contributed by atoms with E-state index in [4.69, 9.17) is 9.84 Å². The highest BCUT2D eigenvalue weighted by molar-refractivity contribution is 6.07. The lowest BCUT2D eigenvalue weighted by atomic mass is 10.1. The van der Waals surface area contributed by atoms with Crippen LogP contribution in [0.15, 0.2) is 66.3 Å². The van der Waals surface area contributed by atoms with E-state index in [-0.39, 0.29) is 11.1 Å². The van der Waals surface area contributed by atoms with Crippen LogP contribution < -0.4 is 10.1 Å². The number of amides is 1. The van der Waals surface area contributed by atoms with Gasteiger partial charge in [-0.2, -0.15) is 5.26 Å². The molecule has 26 heavy (non-hydrogen) atoms. The van der Waals surface area contributed by atoms with Crippen LogP contribution in [-0.4, -0.2) is 24.1 Å². The molecular formula is C20H16N2O4. The van der Waals surface area contributed by atoms with Crippen molar-refractivity contribution in [1.82, 2.24) is 0 Å². The summed E-state index contributed by atoms with van der Waals surface area (Å²) in [5, 5.41) is 20.6. The summed E-state index contributed by atoms with van der Waals surface area (Å²) in [6, 6.07) is 14.8. The van der Waals surface area contributed by atoms with Gasteiger partial charge in [0.25, 0.3) is 5.91 Å². The number of aromatic carboxylic acids is 1. The first-order chi connectivity index (χ1) is 12.5. The van der Waals surface area contributed by atoms with Crippen molar-refractivity contribution in [3.63, 3.8) is 0 Å². The summed E-state index contributed by atoms with van der Waals surface area (Å²) in [4.78, 5) is 23.0. The Labute approximate surface area is 150 Å². The predicted molar refractivity (Wildman–Crippen MR) is 97.8 cm³/mol. The molecule has 0 aliphatic rings. The highest BCUT2D eigenvalue weighted by Crippen LogP contribution is 2.18. The van der Waals surface area contributed by atoms with E-state index in [1.165, 1.54) is 30.3 Å². The van der Waals surface area contributed by atoms with Gasteiger partial charge in [0.05, 0.1) is 12.7 Å². The molecule has 0 heterocycles. The zero-order valence-electron chi connectivity index (χ0n) is 14.0. The van der Waals surface area contributed by atoms with Gasteiger partial charge < -0.3 is 15.2 Å². The highest BCUT2D eigenvalue weighted by atomic mass is 16.5. The Kier molecular flexibility index (Phi) is 6.29. The quantitative estimate of drug-likeness (QED) is 0.473. The summed E-state index contributed by atoms with van der Waals surface area (Å²) in [6.07, 6.45) is 4.71. The monoisotopic (exact) mass is 348 g/mol. The average molecular weight is 348 g/mol. The lowest BCUT2D eigenvalue weighted by molar-refractivity contribution is -0.112. The highest BCUT2D eigenvalue weighted by Gasteiger charge is 2.09. The Bertz CT molecular complexity index is 906. The third-order valence-electron chi connectivity index (χ3n) is 3.43. The van der Waals surface area contributed by atoms with Crippen LogP contribution in [0.2, 0.25) is 0 Å². The fraction of sp³-hybridized carbons (Fsp3) is 0.0500. The van der Waals surface area contributed by atoms with E-state index in [9.17, 15) is 14.9 Å². The molecule has 2 rings (SSSR count). The summed E-state index contributed by atoms with van der Waals surface area (Å²) in [7, 11) is 1.56. The number of para-hydroxylation sites is 1. The van der Waals surface area contributed by atoms with Crippen molar-refractivity contribution in [1.29, 1.82) is 5.26 Å². The first-order valence-corrected chi connectivity index (χ1v) is 7.61. The van der Waals surface area contributed by atoms with E-state index >= 15 is 0 Å². The number of nitrogens with zero attached hydrogens (tertiary/aromatic N) is 1. The van der Waals surface area contributed by atoms with Crippen molar-refractivity contribution in [2.45, 2.75) is 0 Å². The average Bonchev–Trinajstić information content (AvgIpc) is 2.65. The minimum Gasteiger partial charge on any atom is -0.496 e. The van der Waals surface area contributed by atoms with Crippen molar-refractivity contribution >= 4 is 23.6 Å². The molecule has 0 aromatic heterocycles. The van der Waals surface area contributed by atoms with Gasteiger partial charge in [-0.15, -0.1) is 0 Å². The molecule has 0 aliphatic carbocycles. The second-order valence-electron chi connectivity index (χ2n) is 5.13. The first kappa shape index (κ1) is 18.5. The lowest BCUT2D eigenvalue weighted by Gasteiger charge is -2.04. The summed E-state index contributed by atoms with van der Waals surface area (Å²) in [6.45, 7) is 0. The molecule has 1 amide bonds. The Morgan fingerprint density at radius 2 is 1.85 bits per heavy atom. The zero-order valence-corrected chi connectivity index (χ0v) is 14.0. The number of anilines is 1. The Morgan fingerprint density at radius 1 is 1.15 bits per heavy atom. The van der Waals surface area contributed by atoms with Crippen LogP contribution >= 0.6 is 0 Å². The van der Waals surface area contributed by atoms with Crippen LogP contribution in [0.5, 0.6) is 5.75 Å². The van der Waals surface area contributed by atoms with Gasteiger partial charge in [-0.1, -0.05) is 30.4 Å². The molecule has 2 N–H and O–H groups in total. The molecule has 0 aliphatic heterocycles. The standard InChI is InChI=1S/C20H16N2O4/c1-26-18-8-3-2-5-14(18)6-4-7-16(13-21)19(23)22-17-11-9-15(10-12-17)20(24)25/h2-12H,1H3,(H,22,23)(H,24,25). The number of nitriles is 1. The topological polar surface area (TPSA) is 99.4 Å². The maximum absolute atomic E-state index is 12.2. The van der Waals surface area contributed by atoms with E-state index in [1.54, 1.807) is 19.3 Å². The molecule has 2 aromatic rings. The third-order valence-corrected chi connectivity index (χ3v) is 3.43. The van der Waals surface area contributed by atoms with E-state index in [0.29, 0.717) is 11.4 Å². The minimum atomic E-state index is -1.05. The van der Waals surface area contributed by atoms with E-state index in [0.717, 1.165) is 5.56 Å². The van der Waals surface area contributed by atoms with Gasteiger partial charge in [0, 0.05) is 11.3 Å². The smallest absolute Gasteiger partial charge is 0.335 e. The number of benzene rings is 2. The molecule has 0 radical (unpaired) electrons. The fourth-order valence-electron chi connectivity index (χ4n) is 2.11. The second kappa shape index (κ2) is 8.85. The predicted octanol–water partition coefficient (Wildman–Crippen LogP) is 3.50. The van der Waals surface area contributed by atoms with Crippen molar-refractivity contribution in [3.8, 4) is 11.8 Å². The summed E-state index contributed by atoms with van der Waals surface area (Å²) >= 11 is 0. The molecule has 0 unspecified atom stereocenters. The van der Waals surface area contributed by atoms with Gasteiger partial charge in [-0.3, -0.25) is 4.79 Å². The molecule has 0 bridgehead atoms. The lowest BCUT2D eigenvalue weighted by Crippen LogP contribution is -2.13. The summed E-state index contributed by atoms with van der Waals surface area (Å²) in [5.74, 6) is -0.958. The number of ether oxygens (including phenoxy) is 1. The summed E-state index contributed by atoms with van der Waals surface area (Å²) in [5.41, 5.74) is 1.24.